The zero-order valence-electron chi connectivity index (χ0n) is 26.3. The number of likely N-dealkylation sites (tertiary alicyclic amines) is 1. The van der Waals surface area contributed by atoms with E-state index >= 15 is 0 Å². The number of amides is 4. The van der Waals surface area contributed by atoms with Crippen molar-refractivity contribution in [2.45, 2.75) is 97.4 Å². The number of hydrogen-bond acceptors (Lipinski definition) is 8. The average molecular weight is 603 g/mol. The lowest BCUT2D eigenvalue weighted by molar-refractivity contribution is -0.146. The van der Waals surface area contributed by atoms with Crippen LogP contribution in [0.3, 0.4) is 0 Å². The Labute approximate surface area is 253 Å². The van der Waals surface area contributed by atoms with Gasteiger partial charge in [-0.05, 0) is 44.9 Å². The van der Waals surface area contributed by atoms with Crippen molar-refractivity contribution in [1.29, 1.82) is 0 Å². The molecule has 2 heterocycles. The molecule has 0 bridgehead atoms. The van der Waals surface area contributed by atoms with Gasteiger partial charge in [0.1, 0.15) is 23.4 Å². The molecule has 13 nitrogen and oxygen atoms in total. The Morgan fingerprint density at radius 2 is 1.65 bits per heavy atom. The Kier molecular flexibility index (Phi) is 10.7. The summed E-state index contributed by atoms with van der Waals surface area (Å²) < 4.78 is 5.43. The topological polar surface area (TPSA) is 171 Å². The van der Waals surface area contributed by atoms with Crippen LogP contribution in [0.2, 0.25) is 0 Å². The van der Waals surface area contributed by atoms with E-state index in [2.05, 4.69) is 20.6 Å². The first-order valence-corrected chi connectivity index (χ1v) is 14.8. The van der Waals surface area contributed by atoms with Crippen molar-refractivity contribution < 1.29 is 33.8 Å². The van der Waals surface area contributed by atoms with Crippen molar-refractivity contribution in [2.75, 3.05) is 20.1 Å². The van der Waals surface area contributed by atoms with Crippen molar-refractivity contribution in [3.63, 3.8) is 0 Å². The van der Waals surface area contributed by atoms with E-state index in [1.54, 1.807) is 41.5 Å². The van der Waals surface area contributed by atoms with Crippen LogP contribution in [0.1, 0.15) is 84.1 Å². The minimum absolute atomic E-state index is 0.0300. The Balaban J connectivity index is 1.83. The lowest BCUT2D eigenvalue weighted by atomic mass is 9.82. The fourth-order valence-electron chi connectivity index (χ4n) is 5.64. The Bertz CT molecular complexity index is 1170. The summed E-state index contributed by atoms with van der Waals surface area (Å²) in [4.78, 5) is 76.4. The van der Waals surface area contributed by atoms with Crippen LogP contribution in [-0.2, 0) is 19.1 Å². The van der Waals surface area contributed by atoms with Gasteiger partial charge in [-0.25, -0.2) is 9.78 Å². The molecule has 0 spiro atoms. The number of carbonyl (C=O) groups is 5. The molecule has 1 saturated carbocycles. The number of nitrogens with zero attached hydrogens (tertiary/aromatic N) is 4. The number of carboxylic acid groups (broad SMARTS) is 1. The van der Waals surface area contributed by atoms with E-state index in [9.17, 15) is 29.1 Å². The van der Waals surface area contributed by atoms with Gasteiger partial charge >= 0.3 is 12.1 Å². The van der Waals surface area contributed by atoms with E-state index in [1.807, 2.05) is 0 Å². The molecule has 0 radical (unpaired) electrons. The SMILES string of the molecule is CN(C(=O)[C@@H](NC(=O)[C@@H](NC(=O)c1cnccn1)C1CCCCC1)C(C)(C)C)C1CN(C(=O)OC(C)(C)C)CC1C(=O)O. The Morgan fingerprint density at radius 1 is 1.00 bits per heavy atom. The highest BCUT2D eigenvalue weighted by Gasteiger charge is 2.47. The molecule has 0 aromatic carbocycles. The van der Waals surface area contributed by atoms with E-state index in [-0.39, 0.29) is 24.7 Å². The quantitative estimate of drug-likeness (QED) is 0.404. The summed E-state index contributed by atoms with van der Waals surface area (Å²) >= 11 is 0. The van der Waals surface area contributed by atoms with Crippen LogP contribution in [0, 0.1) is 17.3 Å². The molecule has 13 heteroatoms. The second kappa shape index (κ2) is 13.7. The third-order valence-corrected chi connectivity index (χ3v) is 7.99. The fourth-order valence-corrected chi connectivity index (χ4v) is 5.64. The van der Waals surface area contributed by atoms with E-state index in [0.717, 1.165) is 32.1 Å². The zero-order chi connectivity index (χ0) is 32.1. The number of aromatic nitrogens is 2. The van der Waals surface area contributed by atoms with Crippen LogP contribution in [0.4, 0.5) is 4.79 Å². The Morgan fingerprint density at radius 3 is 2.19 bits per heavy atom. The molecule has 2 unspecified atom stereocenters. The second-order valence-electron chi connectivity index (χ2n) is 13.6. The van der Waals surface area contributed by atoms with Gasteiger partial charge in [-0.15, -0.1) is 0 Å². The summed E-state index contributed by atoms with van der Waals surface area (Å²) in [6.07, 6.45) is 7.89. The van der Waals surface area contributed by atoms with E-state index in [4.69, 9.17) is 4.74 Å². The van der Waals surface area contributed by atoms with Crippen LogP contribution < -0.4 is 10.6 Å². The number of rotatable bonds is 8. The van der Waals surface area contributed by atoms with Gasteiger partial charge in [0.05, 0.1) is 18.2 Å². The molecule has 4 amide bonds. The summed E-state index contributed by atoms with van der Waals surface area (Å²) in [5.41, 5.74) is -1.46. The van der Waals surface area contributed by atoms with Crippen molar-refractivity contribution in [3.05, 3.63) is 24.3 Å². The molecule has 1 aliphatic heterocycles. The van der Waals surface area contributed by atoms with E-state index in [1.165, 1.54) is 35.4 Å². The normalized spacial score (nSPS) is 21.0. The fraction of sp³-hybridized carbons (Fsp3) is 0.700. The highest BCUT2D eigenvalue weighted by Crippen LogP contribution is 2.30. The third kappa shape index (κ3) is 8.87. The van der Waals surface area contributed by atoms with Gasteiger partial charge in [0.15, 0.2) is 0 Å². The second-order valence-corrected chi connectivity index (χ2v) is 13.6. The van der Waals surface area contributed by atoms with Crippen molar-refractivity contribution in [3.8, 4) is 0 Å². The third-order valence-electron chi connectivity index (χ3n) is 7.99. The molecule has 4 atom stereocenters. The Hall–Kier alpha value is -3.77. The van der Waals surface area contributed by atoms with Crippen LogP contribution in [-0.4, -0.2) is 98.5 Å². The number of likely N-dealkylation sites (N-methyl/N-ethyl adjacent to an activating group) is 1. The highest BCUT2D eigenvalue weighted by atomic mass is 16.6. The molecular weight excluding hydrogens is 556 g/mol. The van der Waals surface area contributed by atoms with Crippen LogP contribution in [0.25, 0.3) is 0 Å². The molecule has 2 aliphatic rings. The van der Waals surface area contributed by atoms with E-state index < -0.39 is 64.8 Å². The lowest BCUT2D eigenvalue weighted by Crippen LogP contribution is -2.61. The average Bonchev–Trinajstić information content (AvgIpc) is 3.39. The largest absolute Gasteiger partial charge is 0.481 e. The number of carboxylic acids is 1. The predicted octanol–water partition coefficient (Wildman–Crippen LogP) is 2.46. The van der Waals surface area contributed by atoms with Crippen LogP contribution >= 0.6 is 0 Å². The van der Waals surface area contributed by atoms with Crippen molar-refractivity contribution in [1.82, 2.24) is 30.4 Å². The number of nitrogens with one attached hydrogen (secondary N) is 2. The minimum atomic E-state index is -1.14. The maximum absolute atomic E-state index is 14.0. The van der Waals surface area contributed by atoms with Gasteiger partial charge in [-0.1, -0.05) is 40.0 Å². The molecule has 3 rings (SSSR count). The van der Waals surface area contributed by atoms with E-state index in [0.29, 0.717) is 0 Å². The predicted molar refractivity (Wildman–Crippen MR) is 157 cm³/mol. The van der Waals surface area contributed by atoms with Crippen molar-refractivity contribution in [2.24, 2.45) is 17.3 Å². The number of ether oxygens (including phenoxy) is 1. The summed E-state index contributed by atoms with van der Waals surface area (Å²) in [5, 5.41) is 15.7. The number of hydrogen-bond donors (Lipinski definition) is 3. The summed E-state index contributed by atoms with van der Waals surface area (Å²) in [7, 11) is 1.49. The molecular formula is C30H46N6O7. The minimum Gasteiger partial charge on any atom is -0.481 e. The molecule has 1 aromatic heterocycles. The summed E-state index contributed by atoms with van der Waals surface area (Å²) in [6.45, 7) is 10.4. The van der Waals surface area contributed by atoms with Gasteiger partial charge in [0.2, 0.25) is 11.8 Å². The summed E-state index contributed by atoms with van der Waals surface area (Å²) in [5.74, 6) is -3.84. The molecule has 1 aliphatic carbocycles. The summed E-state index contributed by atoms with van der Waals surface area (Å²) in [6, 6.07) is -2.79. The monoisotopic (exact) mass is 602 g/mol. The zero-order valence-corrected chi connectivity index (χ0v) is 26.3. The van der Waals surface area contributed by atoms with Gasteiger partial charge in [0.25, 0.3) is 5.91 Å². The molecule has 1 aromatic rings. The number of carbonyl (C=O) groups excluding carboxylic acids is 4. The van der Waals surface area contributed by atoms with Gasteiger partial charge in [0, 0.05) is 32.5 Å². The van der Waals surface area contributed by atoms with Crippen LogP contribution in [0.15, 0.2) is 18.6 Å². The maximum Gasteiger partial charge on any atom is 0.410 e. The van der Waals surface area contributed by atoms with Gasteiger partial charge in [-0.3, -0.25) is 24.2 Å². The first-order valence-electron chi connectivity index (χ1n) is 14.8. The molecule has 3 N–H and O–H groups in total. The molecule has 43 heavy (non-hydrogen) atoms. The first-order chi connectivity index (χ1) is 20.0. The lowest BCUT2D eigenvalue weighted by Gasteiger charge is -2.38. The maximum atomic E-state index is 14.0. The number of aliphatic carboxylic acids is 1. The van der Waals surface area contributed by atoms with Gasteiger partial charge in [-0.2, -0.15) is 0 Å². The van der Waals surface area contributed by atoms with Gasteiger partial charge < -0.3 is 30.3 Å². The van der Waals surface area contributed by atoms with Crippen LogP contribution in [0.5, 0.6) is 0 Å². The molecule has 238 valence electrons. The highest BCUT2D eigenvalue weighted by molar-refractivity contribution is 5.97. The standard InChI is InChI=1S/C30H46N6O7/c1-29(2,3)23(26(39)35(7)21-17-36(16-19(21)27(40)41)28(42)43-30(4,5)6)34-25(38)22(18-11-9-8-10-12-18)33-24(37)20-15-31-13-14-32-20/h13-15,18-19,21-23H,8-12,16-17H2,1-7H3,(H,33,37)(H,34,38)(H,40,41)/t19?,21?,22-,23+/m0/s1. The first kappa shape index (κ1) is 33.7. The van der Waals surface area contributed by atoms with Crippen molar-refractivity contribution >= 4 is 29.8 Å². The smallest absolute Gasteiger partial charge is 0.410 e. The molecule has 2 fully saturated rings. The molecule has 1 saturated heterocycles.